The molecule has 3 rings (SSSR count). The number of rotatable bonds is 9. The van der Waals surface area contributed by atoms with Gasteiger partial charge < -0.3 is 10.1 Å². The molecule has 0 radical (unpaired) electrons. The lowest BCUT2D eigenvalue weighted by molar-refractivity contribution is -0.121. The first kappa shape index (κ1) is 17.7. The molecule has 134 valence electrons. The fourth-order valence-corrected chi connectivity index (χ4v) is 2.59. The standard InChI is InChI=1S/C21H23N3O2/c25-21(12-7-15-26-20-10-5-2-6-11-20)22-14-13-18-16-23-24(17-18)19-8-3-1-4-9-19/h1-6,8-11,16-17H,7,12-15H2,(H,22,25). The van der Waals surface area contributed by atoms with E-state index >= 15 is 0 Å². The maximum Gasteiger partial charge on any atom is 0.220 e. The molecule has 1 aromatic heterocycles. The molecule has 0 aliphatic carbocycles. The lowest BCUT2D eigenvalue weighted by Gasteiger charge is -2.06. The van der Waals surface area contributed by atoms with Gasteiger partial charge in [0.25, 0.3) is 0 Å². The van der Waals surface area contributed by atoms with Crippen molar-refractivity contribution in [2.45, 2.75) is 19.3 Å². The van der Waals surface area contributed by atoms with Crippen molar-refractivity contribution < 1.29 is 9.53 Å². The molecule has 0 aliphatic rings. The number of amides is 1. The average Bonchev–Trinajstić information content (AvgIpc) is 3.16. The minimum atomic E-state index is 0.0529. The summed E-state index contributed by atoms with van der Waals surface area (Å²) in [5.41, 5.74) is 2.13. The third-order valence-electron chi connectivity index (χ3n) is 3.95. The molecule has 0 atom stereocenters. The van der Waals surface area contributed by atoms with Gasteiger partial charge >= 0.3 is 0 Å². The molecule has 2 aromatic carbocycles. The van der Waals surface area contributed by atoms with Crippen LogP contribution in [0, 0.1) is 0 Å². The zero-order chi connectivity index (χ0) is 18.0. The number of aromatic nitrogens is 2. The van der Waals surface area contributed by atoms with Crippen LogP contribution in [-0.4, -0.2) is 28.8 Å². The van der Waals surface area contributed by atoms with E-state index in [0.29, 0.717) is 26.0 Å². The maximum atomic E-state index is 11.9. The third kappa shape index (κ3) is 5.48. The highest BCUT2D eigenvalue weighted by Crippen LogP contribution is 2.09. The molecule has 0 fully saturated rings. The summed E-state index contributed by atoms with van der Waals surface area (Å²) < 4.78 is 7.43. The quantitative estimate of drug-likeness (QED) is 0.603. The summed E-state index contributed by atoms with van der Waals surface area (Å²) in [7, 11) is 0. The van der Waals surface area contributed by atoms with E-state index in [4.69, 9.17) is 4.74 Å². The molecule has 0 bridgehead atoms. The summed E-state index contributed by atoms with van der Waals surface area (Å²) in [4.78, 5) is 11.9. The molecule has 5 heteroatoms. The highest BCUT2D eigenvalue weighted by Gasteiger charge is 2.04. The van der Waals surface area contributed by atoms with E-state index in [1.807, 2.05) is 77.7 Å². The summed E-state index contributed by atoms with van der Waals surface area (Å²) in [5, 5.41) is 7.31. The molecule has 1 heterocycles. The fraction of sp³-hybridized carbons (Fsp3) is 0.238. The monoisotopic (exact) mass is 349 g/mol. The third-order valence-corrected chi connectivity index (χ3v) is 3.95. The van der Waals surface area contributed by atoms with Crippen molar-refractivity contribution in [3.8, 4) is 11.4 Å². The van der Waals surface area contributed by atoms with Crippen LogP contribution in [-0.2, 0) is 11.2 Å². The Morgan fingerprint density at radius 1 is 1.04 bits per heavy atom. The smallest absolute Gasteiger partial charge is 0.220 e. The van der Waals surface area contributed by atoms with Crippen LogP contribution in [0.15, 0.2) is 73.1 Å². The van der Waals surface area contributed by atoms with Crippen LogP contribution in [0.1, 0.15) is 18.4 Å². The molecule has 0 unspecified atom stereocenters. The van der Waals surface area contributed by atoms with Gasteiger partial charge in [0, 0.05) is 19.2 Å². The van der Waals surface area contributed by atoms with E-state index in [2.05, 4.69) is 10.4 Å². The Hall–Kier alpha value is -3.08. The molecule has 5 nitrogen and oxygen atoms in total. The van der Waals surface area contributed by atoms with Crippen molar-refractivity contribution in [2.75, 3.05) is 13.2 Å². The van der Waals surface area contributed by atoms with Crippen molar-refractivity contribution in [3.63, 3.8) is 0 Å². The van der Waals surface area contributed by atoms with Crippen LogP contribution in [0.5, 0.6) is 5.75 Å². The van der Waals surface area contributed by atoms with Crippen molar-refractivity contribution >= 4 is 5.91 Å². The van der Waals surface area contributed by atoms with E-state index in [0.717, 1.165) is 23.4 Å². The van der Waals surface area contributed by atoms with Crippen LogP contribution in [0.4, 0.5) is 0 Å². The van der Waals surface area contributed by atoms with Crippen LogP contribution < -0.4 is 10.1 Å². The number of hydrogen-bond donors (Lipinski definition) is 1. The Labute approximate surface area is 153 Å². The summed E-state index contributed by atoms with van der Waals surface area (Å²) in [5.74, 6) is 0.889. The first-order chi connectivity index (χ1) is 12.8. The summed E-state index contributed by atoms with van der Waals surface area (Å²) in [6.45, 7) is 1.15. The topological polar surface area (TPSA) is 56.1 Å². The molecule has 26 heavy (non-hydrogen) atoms. The van der Waals surface area contributed by atoms with E-state index in [1.165, 1.54) is 0 Å². The molecule has 0 aliphatic heterocycles. The van der Waals surface area contributed by atoms with Crippen molar-refractivity contribution in [2.24, 2.45) is 0 Å². The van der Waals surface area contributed by atoms with Gasteiger partial charge in [-0.05, 0) is 42.7 Å². The van der Waals surface area contributed by atoms with Gasteiger partial charge in [-0.25, -0.2) is 4.68 Å². The lowest BCUT2D eigenvalue weighted by Crippen LogP contribution is -2.25. The molecule has 1 N–H and O–H groups in total. The van der Waals surface area contributed by atoms with E-state index in [9.17, 15) is 4.79 Å². The van der Waals surface area contributed by atoms with Gasteiger partial charge in [-0.2, -0.15) is 5.10 Å². The lowest BCUT2D eigenvalue weighted by atomic mass is 10.2. The number of nitrogens with one attached hydrogen (secondary N) is 1. The molecule has 0 spiro atoms. The van der Waals surface area contributed by atoms with Gasteiger partial charge in [-0.1, -0.05) is 36.4 Å². The first-order valence-corrected chi connectivity index (χ1v) is 8.85. The SMILES string of the molecule is O=C(CCCOc1ccccc1)NCCc1cnn(-c2ccccc2)c1. The number of ether oxygens (including phenoxy) is 1. The Balaban J connectivity index is 1.32. The highest BCUT2D eigenvalue weighted by atomic mass is 16.5. The van der Waals surface area contributed by atoms with E-state index < -0.39 is 0 Å². The molecule has 0 saturated carbocycles. The maximum absolute atomic E-state index is 11.9. The van der Waals surface area contributed by atoms with E-state index in [-0.39, 0.29) is 5.91 Å². The van der Waals surface area contributed by atoms with E-state index in [1.54, 1.807) is 0 Å². The van der Waals surface area contributed by atoms with Crippen LogP contribution >= 0.6 is 0 Å². The molecule has 3 aromatic rings. The first-order valence-electron chi connectivity index (χ1n) is 8.85. The molecular weight excluding hydrogens is 326 g/mol. The van der Waals surface area contributed by atoms with Crippen molar-refractivity contribution in [1.82, 2.24) is 15.1 Å². The molecule has 1 amide bonds. The van der Waals surface area contributed by atoms with Crippen LogP contribution in [0.3, 0.4) is 0 Å². The minimum absolute atomic E-state index is 0.0529. The van der Waals surface area contributed by atoms with Gasteiger partial charge in [-0.3, -0.25) is 4.79 Å². The van der Waals surface area contributed by atoms with Gasteiger partial charge in [0.2, 0.25) is 5.91 Å². The number of carbonyl (C=O) groups is 1. The summed E-state index contributed by atoms with van der Waals surface area (Å²) in [6, 6.07) is 19.6. The normalized spacial score (nSPS) is 10.5. The second kappa shape index (κ2) is 9.42. The minimum Gasteiger partial charge on any atom is -0.494 e. The van der Waals surface area contributed by atoms with Crippen molar-refractivity contribution in [3.05, 3.63) is 78.6 Å². The average molecular weight is 349 g/mol. The number of carbonyl (C=O) groups excluding carboxylic acids is 1. The predicted molar refractivity (Wildman–Crippen MR) is 101 cm³/mol. The Morgan fingerprint density at radius 2 is 1.77 bits per heavy atom. The van der Waals surface area contributed by atoms with Gasteiger partial charge in [0.1, 0.15) is 5.75 Å². The molecular formula is C21H23N3O2. The highest BCUT2D eigenvalue weighted by molar-refractivity contribution is 5.75. The number of benzene rings is 2. The Bertz CT molecular complexity index is 800. The van der Waals surface area contributed by atoms with Gasteiger partial charge in [0.05, 0.1) is 18.5 Å². The largest absolute Gasteiger partial charge is 0.494 e. The van der Waals surface area contributed by atoms with Crippen LogP contribution in [0.25, 0.3) is 5.69 Å². The van der Waals surface area contributed by atoms with Crippen LogP contribution in [0.2, 0.25) is 0 Å². The Morgan fingerprint density at radius 3 is 2.54 bits per heavy atom. The summed E-state index contributed by atoms with van der Waals surface area (Å²) >= 11 is 0. The Kier molecular flexibility index (Phi) is 6.42. The second-order valence-corrected chi connectivity index (χ2v) is 5.99. The molecule has 0 saturated heterocycles. The van der Waals surface area contributed by atoms with Gasteiger partial charge in [0.15, 0.2) is 0 Å². The fourth-order valence-electron chi connectivity index (χ4n) is 2.59. The summed E-state index contributed by atoms with van der Waals surface area (Å²) in [6.07, 6.45) is 5.77. The van der Waals surface area contributed by atoms with Gasteiger partial charge in [-0.15, -0.1) is 0 Å². The number of hydrogen-bond acceptors (Lipinski definition) is 3. The number of nitrogens with zero attached hydrogens (tertiary/aromatic N) is 2. The number of para-hydroxylation sites is 2. The predicted octanol–water partition coefficient (Wildman–Crippen LogP) is 3.39. The second-order valence-electron chi connectivity index (χ2n) is 5.99. The zero-order valence-electron chi connectivity index (χ0n) is 14.7. The van der Waals surface area contributed by atoms with Crippen molar-refractivity contribution in [1.29, 1.82) is 0 Å². The zero-order valence-corrected chi connectivity index (χ0v) is 14.7.